The molecule has 2 aromatic carbocycles. The van der Waals surface area contributed by atoms with Crippen molar-refractivity contribution >= 4 is 22.6 Å². The molecule has 1 N–H and O–H groups in total. The number of hydrogen-bond donors (Lipinski definition) is 1. The van der Waals surface area contributed by atoms with Crippen molar-refractivity contribution in [2.24, 2.45) is 5.92 Å². The molecule has 0 bridgehead atoms. The number of fused-ring (bicyclic) bond motifs is 1. The lowest BCUT2D eigenvalue weighted by atomic mass is 9.98. The fourth-order valence-corrected chi connectivity index (χ4v) is 2.90. The second-order valence-corrected chi connectivity index (χ2v) is 5.81. The number of likely N-dealkylation sites (tertiary alicyclic amines) is 1. The molecular formula is C18H19NO4. The van der Waals surface area contributed by atoms with Crippen LogP contribution in [0.1, 0.15) is 12.8 Å². The Morgan fingerprint density at radius 1 is 1.17 bits per heavy atom. The Hall–Kier alpha value is -2.56. The van der Waals surface area contributed by atoms with Gasteiger partial charge in [-0.1, -0.05) is 30.3 Å². The van der Waals surface area contributed by atoms with Crippen LogP contribution in [0.25, 0.3) is 10.8 Å². The molecule has 120 valence electrons. The number of nitrogens with zero attached hydrogens (tertiary/aromatic N) is 1. The zero-order chi connectivity index (χ0) is 16.2. The van der Waals surface area contributed by atoms with E-state index in [9.17, 15) is 9.59 Å². The van der Waals surface area contributed by atoms with E-state index in [1.54, 1.807) is 4.90 Å². The largest absolute Gasteiger partial charge is 0.484 e. The highest BCUT2D eigenvalue weighted by molar-refractivity contribution is 5.84. The number of piperidine rings is 1. The summed E-state index contributed by atoms with van der Waals surface area (Å²) in [6.45, 7) is 0.809. The molecule has 3 rings (SSSR count). The van der Waals surface area contributed by atoms with Crippen molar-refractivity contribution in [3.63, 3.8) is 0 Å². The zero-order valence-electron chi connectivity index (χ0n) is 12.8. The Balaban J connectivity index is 1.60. The normalized spacial score (nSPS) is 17.9. The third-order valence-electron chi connectivity index (χ3n) is 4.21. The van der Waals surface area contributed by atoms with Gasteiger partial charge >= 0.3 is 5.97 Å². The van der Waals surface area contributed by atoms with Crippen molar-refractivity contribution in [2.45, 2.75) is 12.8 Å². The van der Waals surface area contributed by atoms with E-state index in [4.69, 9.17) is 9.84 Å². The van der Waals surface area contributed by atoms with Crippen LogP contribution in [0.15, 0.2) is 42.5 Å². The highest BCUT2D eigenvalue weighted by Gasteiger charge is 2.28. The van der Waals surface area contributed by atoms with E-state index in [0.29, 0.717) is 18.7 Å². The minimum absolute atomic E-state index is 0.0648. The first-order valence-electron chi connectivity index (χ1n) is 7.75. The van der Waals surface area contributed by atoms with Crippen molar-refractivity contribution in [1.82, 2.24) is 4.90 Å². The van der Waals surface area contributed by atoms with Crippen molar-refractivity contribution in [2.75, 3.05) is 19.7 Å². The van der Waals surface area contributed by atoms with E-state index in [1.165, 1.54) is 0 Å². The number of carbonyl (C=O) groups excluding carboxylic acids is 1. The van der Waals surface area contributed by atoms with E-state index < -0.39 is 11.9 Å². The van der Waals surface area contributed by atoms with Crippen LogP contribution in [-0.4, -0.2) is 41.6 Å². The molecule has 1 saturated heterocycles. The Labute approximate surface area is 134 Å². The SMILES string of the molecule is O=C(O)[C@H]1CCCN(C(=O)COc2ccc3ccccc3c2)C1. The summed E-state index contributed by atoms with van der Waals surface area (Å²) < 4.78 is 5.59. The summed E-state index contributed by atoms with van der Waals surface area (Å²) in [4.78, 5) is 24.9. The number of carboxylic acid groups (broad SMARTS) is 1. The topological polar surface area (TPSA) is 66.8 Å². The Kier molecular flexibility index (Phi) is 4.46. The number of ether oxygens (including phenoxy) is 1. The van der Waals surface area contributed by atoms with Crippen molar-refractivity contribution in [3.05, 3.63) is 42.5 Å². The van der Waals surface area contributed by atoms with Crippen LogP contribution < -0.4 is 4.74 Å². The molecule has 2 aromatic rings. The summed E-state index contributed by atoms with van der Waals surface area (Å²) in [6, 6.07) is 13.6. The lowest BCUT2D eigenvalue weighted by Crippen LogP contribution is -2.44. The maximum atomic E-state index is 12.2. The molecule has 1 fully saturated rings. The quantitative estimate of drug-likeness (QED) is 0.942. The third kappa shape index (κ3) is 3.62. The predicted octanol–water partition coefficient (Wildman–Crippen LogP) is 2.54. The van der Waals surface area contributed by atoms with E-state index in [1.807, 2.05) is 42.5 Å². The molecule has 0 saturated carbocycles. The van der Waals surface area contributed by atoms with Gasteiger partial charge in [0, 0.05) is 13.1 Å². The van der Waals surface area contributed by atoms with Gasteiger partial charge in [0.25, 0.3) is 5.91 Å². The third-order valence-corrected chi connectivity index (χ3v) is 4.21. The van der Waals surface area contributed by atoms with Crippen LogP contribution in [0.3, 0.4) is 0 Å². The van der Waals surface area contributed by atoms with Gasteiger partial charge in [-0.2, -0.15) is 0 Å². The highest BCUT2D eigenvalue weighted by atomic mass is 16.5. The van der Waals surface area contributed by atoms with Gasteiger partial charge in [0.2, 0.25) is 0 Å². The minimum atomic E-state index is -0.835. The molecule has 0 spiro atoms. The standard InChI is InChI=1S/C18H19NO4/c20-17(19-9-3-6-15(11-19)18(21)22)12-23-16-8-7-13-4-1-2-5-14(13)10-16/h1-2,4-5,7-8,10,15H,3,6,9,11-12H2,(H,21,22)/t15-/m0/s1. The van der Waals surface area contributed by atoms with Crippen LogP contribution in [0, 0.1) is 5.92 Å². The molecule has 0 unspecified atom stereocenters. The van der Waals surface area contributed by atoms with E-state index in [2.05, 4.69) is 0 Å². The van der Waals surface area contributed by atoms with Gasteiger partial charge in [0.1, 0.15) is 5.75 Å². The molecule has 0 aliphatic carbocycles. The average Bonchev–Trinajstić information content (AvgIpc) is 2.59. The maximum absolute atomic E-state index is 12.2. The number of aliphatic carboxylic acids is 1. The molecule has 1 atom stereocenters. The molecule has 0 radical (unpaired) electrons. The van der Waals surface area contributed by atoms with Crippen molar-refractivity contribution < 1.29 is 19.4 Å². The molecule has 5 heteroatoms. The van der Waals surface area contributed by atoms with Crippen LogP contribution in [0.4, 0.5) is 0 Å². The molecule has 1 heterocycles. The van der Waals surface area contributed by atoms with Crippen LogP contribution >= 0.6 is 0 Å². The van der Waals surface area contributed by atoms with Crippen LogP contribution in [-0.2, 0) is 9.59 Å². The number of rotatable bonds is 4. The number of carbonyl (C=O) groups is 2. The number of benzene rings is 2. The Morgan fingerprint density at radius 3 is 2.74 bits per heavy atom. The highest BCUT2D eigenvalue weighted by Crippen LogP contribution is 2.21. The molecule has 1 aliphatic heterocycles. The van der Waals surface area contributed by atoms with Gasteiger partial charge in [0.05, 0.1) is 5.92 Å². The van der Waals surface area contributed by atoms with Crippen LogP contribution in [0.5, 0.6) is 5.75 Å². The molecule has 1 aliphatic rings. The summed E-state index contributed by atoms with van der Waals surface area (Å²) >= 11 is 0. The molecule has 23 heavy (non-hydrogen) atoms. The lowest BCUT2D eigenvalue weighted by Gasteiger charge is -2.30. The molecular weight excluding hydrogens is 294 g/mol. The smallest absolute Gasteiger partial charge is 0.308 e. The lowest BCUT2D eigenvalue weighted by molar-refractivity contribution is -0.146. The van der Waals surface area contributed by atoms with Crippen LogP contribution in [0.2, 0.25) is 0 Å². The van der Waals surface area contributed by atoms with E-state index in [-0.39, 0.29) is 19.1 Å². The molecule has 0 aromatic heterocycles. The molecule has 1 amide bonds. The predicted molar refractivity (Wildman–Crippen MR) is 86.4 cm³/mol. The minimum Gasteiger partial charge on any atom is -0.484 e. The van der Waals surface area contributed by atoms with E-state index in [0.717, 1.165) is 17.2 Å². The maximum Gasteiger partial charge on any atom is 0.308 e. The van der Waals surface area contributed by atoms with Gasteiger partial charge < -0.3 is 14.7 Å². The van der Waals surface area contributed by atoms with Crippen molar-refractivity contribution in [1.29, 1.82) is 0 Å². The summed E-state index contributed by atoms with van der Waals surface area (Å²) in [5.74, 6) is -0.820. The zero-order valence-corrected chi connectivity index (χ0v) is 12.8. The van der Waals surface area contributed by atoms with Crippen molar-refractivity contribution in [3.8, 4) is 5.75 Å². The van der Waals surface area contributed by atoms with Gasteiger partial charge in [0.15, 0.2) is 6.61 Å². The summed E-state index contributed by atoms with van der Waals surface area (Å²) in [5, 5.41) is 11.3. The second-order valence-electron chi connectivity index (χ2n) is 5.81. The Bertz CT molecular complexity index is 728. The Morgan fingerprint density at radius 2 is 1.96 bits per heavy atom. The van der Waals surface area contributed by atoms with Gasteiger partial charge in [-0.05, 0) is 35.7 Å². The number of carboxylic acids is 1. The summed E-state index contributed by atoms with van der Waals surface area (Å²) in [6.07, 6.45) is 1.35. The number of hydrogen-bond acceptors (Lipinski definition) is 3. The first-order chi connectivity index (χ1) is 11.1. The average molecular weight is 313 g/mol. The fourth-order valence-electron chi connectivity index (χ4n) is 2.90. The van der Waals surface area contributed by atoms with E-state index >= 15 is 0 Å². The van der Waals surface area contributed by atoms with Gasteiger partial charge in [-0.15, -0.1) is 0 Å². The fraction of sp³-hybridized carbons (Fsp3) is 0.333. The summed E-state index contributed by atoms with van der Waals surface area (Å²) in [7, 11) is 0. The van der Waals surface area contributed by atoms with Gasteiger partial charge in [-0.3, -0.25) is 9.59 Å². The molecule has 5 nitrogen and oxygen atoms in total. The first-order valence-corrected chi connectivity index (χ1v) is 7.75. The monoisotopic (exact) mass is 313 g/mol. The first kappa shape index (κ1) is 15.3. The number of amides is 1. The summed E-state index contributed by atoms with van der Waals surface area (Å²) in [5.41, 5.74) is 0. The second kappa shape index (κ2) is 6.69. The van der Waals surface area contributed by atoms with Gasteiger partial charge in [-0.25, -0.2) is 0 Å².